The number of anilines is 1. The molecule has 6 unspecified atom stereocenters. The lowest BCUT2D eigenvalue weighted by Gasteiger charge is -2.46. The lowest BCUT2D eigenvalue weighted by atomic mass is 9.79. The second kappa shape index (κ2) is 9.40. The molecule has 0 aromatic heterocycles. The summed E-state index contributed by atoms with van der Waals surface area (Å²) in [5.74, 6) is -3.12. The minimum Gasteiger partial charge on any atom is -0.477 e. The van der Waals surface area contributed by atoms with Gasteiger partial charge in [-0.3, -0.25) is 9.59 Å². The molecule has 3 aliphatic rings. The Balaban J connectivity index is 1.42. The van der Waals surface area contributed by atoms with Gasteiger partial charge in [0.2, 0.25) is 11.8 Å². The standard InChI is InChI=1S/C23H27N3O7S/c1-10-17-16(11(2)27)21(29)26(17)18(22(30)31)19(10)34-14-8-15(24-9-14)20(28)25-13-6-4-5-12(7-13)23(32)33-3/h4-7,10-11,14-17,24,27H,8-9H2,1-3H3,(H,25,28)(H,30,31). The molecule has 0 saturated carbocycles. The number of thioether (sulfide) groups is 1. The molecule has 34 heavy (non-hydrogen) atoms. The van der Waals surface area contributed by atoms with Crippen molar-refractivity contribution in [3.05, 3.63) is 40.4 Å². The molecule has 3 heterocycles. The number of carboxylic acid groups (broad SMARTS) is 1. The van der Waals surface area contributed by atoms with E-state index in [1.807, 2.05) is 6.92 Å². The molecule has 3 aliphatic heterocycles. The SMILES string of the molecule is COC(=O)c1cccc(NC(=O)C2CC(SC3=C(C(=O)O)N4C(=O)C(C(C)O)C4C3C)CN2)c1. The first-order valence-corrected chi connectivity index (χ1v) is 11.9. The molecular formula is C23H27N3O7S. The van der Waals surface area contributed by atoms with Crippen LogP contribution in [0.2, 0.25) is 0 Å². The van der Waals surface area contributed by atoms with Crippen molar-refractivity contribution in [2.24, 2.45) is 11.8 Å². The Kier molecular flexibility index (Phi) is 6.70. The molecule has 4 N–H and O–H groups in total. The molecule has 0 radical (unpaired) electrons. The fourth-order valence-electron chi connectivity index (χ4n) is 4.92. The maximum absolute atomic E-state index is 12.8. The fourth-order valence-corrected chi connectivity index (χ4v) is 6.40. The third-order valence-electron chi connectivity index (χ3n) is 6.56. The smallest absolute Gasteiger partial charge is 0.353 e. The average Bonchev–Trinajstić information content (AvgIpc) is 3.35. The molecule has 182 valence electrons. The number of amides is 2. The molecule has 1 aromatic carbocycles. The number of fused-ring (bicyclic) bond motifs is 1. The molecule has 0 spiro atoms. The Morgan fingerprint density at radius 1 is 1.32 bits per heavy atom. The summed E-state index contributed by atoms with van der Waals surface area (Å²) in [6.45, 7) is 3.91. The zero-order chi connectivity index (χ0) is 24.7. The minimum atomic E-state index is -1.17. The van der Waals surface area contributed by atoms with Gasteiger partial charge >= 0.3 is 11.9 Å². The van der Waals surface area contributed by atoms with E-state index in [9.17, 15) is 29.4 Å². The molecule has 11 heteroatoms. The van der Waals surface area contributed by atoms with Crippen molar-refractivity contribution in [2.45, 2.75) is 43.7 Å². The number of nitrogens with one attached hydrogen (secondary N) is 2. The number of aliphatic carboxylic acids is 1. The van der Waals surface area contributed by atoms with E-state index >= 15 is 0 Å². The van der Waals surface area contributed by atoms with Crippen LogP contribution < -0.4 is 10.6 Å². The molecule has 2 amide bonds. The number of hydrogen-bond acceptors (Lipinski definition) is 8. The van der Waals surface area contributed by atoms with Crippen LogP contribution in [0.1, 0.15) is 30.6 Å². The van der Waals surface area contributed by atoms with E-state index in [4.69, 9.17) is 4.74 Å². The third kappa shape index (κ3) is 4.19. The zero-order valence-corrected chi connectivity index (χ0v) is 19.8. The molecular weight excluding hydrogens is 462 g/mol. The second-order valence-corrected chi connectivity index (χ2v) is 10.1. The van der Waals surface area contributed by atoms with Gasteiger partial charge < -0.3 is 30.5 Å². The highest BCUT2D eigenvalue weighted by Gasteiger charge is 2.60. The first kappa shape index (κ1) is 24.2. The summed E-state index contributed by atoms with van der Waals surface area (Å²) in [6, 6.07) is 5.60. The summed E-state index contributed by atoms with van der Waals surface area (Å²) in [6.07, 6.45) is -0.385. The van der Waals surface area contributed by atoms with Gasteiger partial charge in [-0.1, -0.05) is 13.0 Å². The van der Waals surface area contributed by atoms with E-state index in [0.29, 0.717) is 29.1 Å². The zero-order valence-electron chi connectivity index (χ0n) is 19.0. The Morgan fingerprint density at radius 3 is 2.71 bits per heavy atom. The Bertz CT molecular complexity index is 1070. The first-order chi connectivity index (χ1) is 16.1. The van der Waals surface area contributed by atoms with Crippen molar-refractivity contribution in [1.29, 1.82) is 0 Å². The van der Waals surface area contributed by atoms with E-state index in [2.05, 4.69) is 10.6 Å². The van der Waals surface area contributed by atoms with Crippen LogP contribution >= 0.6 is 11.8 Å². The normalized spacial score (nSPS) is 28.9. The van der Waals surface area contributed by atoms with Crippen LogP contribution in [-0.4, -0.2) is 76.0 Å². The summed E-state index contributed by atoms with van der Waals surface area (Å²) in [4.78, 5) is 50.9. The summed E-state index contributed by atoms with van der Waals surface area (Å²) in [5, 5.41) is 25.7. The molecule has 0 aliphatic carbocycles. The Morgan fingerprint density at radius 2 is 2.06 bits per heavy atom. The number of rotatable bonds is 7. The van der Waals surface area contributed by atoms with Crippen LogP contribution in [0.5, 0.6) is 0 Å². The summed E-state index contributed by atoms with van der Waals surface area (Å²) < 4.78 is 4.70. The van der Waals surface area contributed by atoms with Crippen molar-refractivity contribution in [2.75, 3.05) is 19.0 Å². The van der Waals surface area contributed by atoms with E-state index in [-0.39, 0.29) is 34.7 Å². The van der Waals surface area contributed by atoms with E-state index in [1.54, 1.807) is 25.1 Å². The summed E-state index contributed by atoms with van der Waals surface area (Å²) in [7, 11) is 1.28. The van der Waals surface area contributed by atoms with Gasteiger partial charge in [-0.2, -0.15) is 0 Å². The van der Waals surface area contributed by atoms with Gasteiger partial charge in [0.15, 0.2) is 0 Å². The van der Waals surface area contributed by atoms with Crippen molar-refractivity contribution >= 4 is 41.2 Å². The molecule has 6 atom stereocenters. The number of esters is 1. The lowest BCUT2D eigenvalue weighted by Crippen LogP contribution is -2.63. The van der Waals surface area contributed by atoms with Gasteiger partial charge in [-0.15, -0.1) is 11.8 Å². The van der Waals surface area contributed by atoms with Gasteiger partial charge in [0.05, 0.1) is 36.8 Å². The molecule has 4 rings (SSSR count). The number of carbonyl (C=O) groups excluding carboxylic acids is 3. The van der Waals surface area contributed by atoms with Crippen LogP contribution in [0.15, 0.2) is 34.9 Å². The number of hydrogen-bond donors (Lipinski definition) is 4. The van der Waals surface area contributed by atoms with Gasteiger partial charge in [0.1, 0.15) is 5.70 Å². The van der Waals surface area contributed by atoms with E-state index in [1.165, 1.54) is 29.8 Å². The van der Waals surface area contributed by atoms with Crippen LogP contribution in [0.4, 0.5) is 5.69 Å². The molecule has 0 bridgehead atoms. The quantitative estimate of drug-likeness (QED) is 0.326. The fraction of sp³-hybridized carbons (Fsp3) is 0.478. The highest BCUT2D eigenvalue weighted by molar-refractivity contribution is 8.03. The number of β-lactam (4-membered cyclic amide) rings is 1. The highest BCUT2D eigenvalue weighted by atomic mass is 32.2. The Labute approximate surface area is 200 Å². The van der Waals surface area contributed by atoms with E-state index < -0.39 is 30.0 Å². The van der Waals surface area contributed by atoms with Gasteiger partial charge in [-0.05, 0) is 31.5 Å². The first-order valence-electron chi connectivity index (χ1n) is 11.0. The Hall–Kier alpha value is -2.89. The second-order valence-electron chi connectivity index (χ2n) is 8.77. The van der Waals surface area contributed by atoms with Gasteiger partial charge in [-0.25, -0.2) is 9.59 Å². The minimum absolute atomic E-state index is 0.0167. The monoisotopic (exact) mass is 489 g/mol. The summed E-state index contributed by atoms with van der Waals surface area (Å²) in [5.41, 5.74) is 0.779. The number of aliphatic hydroxyl groups is 1. The maximum atomic E-state index is 12.8. The maximum Gasteiger partial charge on any atom is 0.353 e. The largest absolute Gasteiger partial charge is 0.477 e. The molecule has 10 nitrogen and oxygen atoms in total. The van der Waals surface area contributed by atoms with Crippen molar-refractivity contribution in [3.63, 3.8) is 0 Å². The number of aliphatic hydroxyl groups excluding tert-OH is 1. The number of methoxy groups -OCH3 is 1. The molecule has 2 fully saturated rings. The predicted octanol–water partition coefficient (Wildman–Crippen LogP) is 1.03. The van der Waals surface area contributed by atoms with Gasteiger partial charge in [0.25, 0.3) is 0 Å². The van der Waals surface area contributed by atoms with Crippen LogP contribution in [0, 0.1) is 11.8 Å². The van der Waals surface area contributed by atoms with Gasteiger partial charge in [0, 0.05) is 28.3 Å². The van der Waals surface area contributed by atoms with Crippen molar-refractivity contribution < 1.29 is 34.1 Å². The average molecular weight is 490 g/mol. The van der Waals surface area contributed by atoms with Crippen molar-refractivity contribution in [1.82, 2.24) is 10.2 Å². The third-order valence-corrected chi connectivity index (χ3v) is 8.07. The van der Waals surface area contributed by atoms with Crippen molar-refractivity contribution in [3.8, 4) is 0 Å². The number of benzene rings is 1. The lowest BCUT2D eigenvalue weighted by molar-refractivity contribution is -0.163. The van der Waals surface area contributed by atoms with Crippen LogP contribution in [0.3, 0.4) is 0 Å². The van der Waals surface area contributed by atoms with E-state index in [0.717, 1.165) is 0 Å². The number of carboxylic acids is 1. The number of nitrogens with zero attached hydrogens (tertiary/aromatic N) is 1. The summed E-state index contributed by atoms with van der Waals surface area (Å²) >= 11 is 1.38. The van der Waals surface area contributed by atoms with Crippen LogP contribution in [0.25, 0.3) is 0 Å². The van der Waals surface area contributed by atoms with Crippen LogP contribution in [-0.2, 0) is 19.1 Å². The topological polar surface area (TPSA) is 145 Å². The highest BCUT2D eigenvalue weighted by Crippen LogP contribution is 2.51. The molecule has 1 aromatic rings. The molecule has 2 saturated heterocycles. The number of ether oxygens (including phenoxy) is 1. The number of carbonyl (C=O) groups is 4. The predicted molar refractivity (Wildman–Crippen MR) is 124 cm³/mol.